The van der Waals surface area contributed by atoms with Gasteiger partial charge in [-0.05, 0) is 48.3 Å². The Kier molecular flexibility index (Phi) is 6.89. The lowest BCUT2D eigenvalue weighted by atomic mass is 9.83. The summed E-state index contributed by atoms with van der Waals surface area (Å²) in [6.45, 7) is 13.0. The molecule has 1 rings (SSSR count). The lowest BCUT2D eigenvalue weighted by molar-refractivity contribution is 0.0226. The van der Waals surface area contributed by atoms with Crippen molar-refractivity contribution < 1.29 is 14.9 Å². The predicted octanol–water partition coefficient (Wildman–Crippen LogP) is 4.01. The monoisotopic (exact) mass is 308 g/mol. The first kappa shape index (κ1) is 19.0. The summed E-state index contributed by atoms with van der Waals surface area (Å²) in [6, 6.07) is 6.34. The van der Waals surface area contributed by atoms with E-state index in [-0.39, 0.29) is 11.3 Å². The van der Waals surface area contributed by atoms with E-state index in [1.54, 1.807) is 6.92 Å². The first-order valence-corrected chi connectivity index (χ1v) is 8.30. The molecular weight excluding hydrogens is 276 g/mol. The topological polar surface area (TPSA) is 49.7 Å². The molecule has 126 valence electrons. The van der Waals surface area contributed by atoms with Crippen molar-refractivity contribution in [1.82, 2.24) is 0 Å². The molecule has 0 amide bonds. The second-order valence-electron chi connectivity index (χ2n) is 7.30. The number of aliphatic hydroxyl groups excluding tert-OH is 2. The standard InChI is InChI=1S/C19H32O3/c1-7-10-22-18-9-8-15(19(4,5)6)12-16(18)13(2)11-17(21)14(3)20/h8-9,12-14,17,20-21H,7,10-11H2,1-6H3. The highest BCUT2D eigenvalue weighted by Gasteiger charge is 2.22. The molecule has 0 heterocycles. The van der Waals surface area contributed by atoms with Crippen molar-refractivity contribution in [2.45, 2.75) is 77.9 Å². The molecule has 0 saturated carbocycles. The van der Waals surface area contributed by atoms with Crippen LogP contribution >= 0.6 is 0 Å². The molecule has 3 nitrogen and oxygen atoms in total. The summed E-state index contributed by atoms with van der Waals surface area (Å²) in [5.41, 5.74) is 2.44. The fraction of sp³-hybridized carbons (Fsp3) is 0.684. The van der Waals surface area contributed by atoms with E-state index in [1.165, 1.54) is 5.56 Å². The molecule has 0 aromatic heterocycles. The van der Waals surface area contributed by atoms with Crippen LogP contribution in [0.15, 0.2) is 18.2 Å². The fourth-order valence-corrected chi connectivity index (χ4v) is 2.43. The van der Waals surface area contributed by atoms with Gasteiger partial charge in [-0.15, -0.1) is 0 Å². The highest BCUT2D eigenvalue weighted by molar-refractivity contribution is 5.41. The van der Waals surface area contributed by atoms with Gasteiger partial charge in [0.05, 0.1) is 18.8 Å². The average Bonchev–Trinajstić information content (AvgIpc) is 2.43. The van der Waals surface area contributed by atoms with Gasteiger partial charge in [-0.25, -0.2) is 0 Å². The number of benzene rings is 1. The van der Waals surface area contributed by atoms with Gasteiger partial charge >= 0.3 is 0 Å². The Labute approximate surface area is 135 Å². The van der Waals surface area contributed by atoms with Crippen LogP contribution in [0.3, 0.4) is 0 Å². The van der Waals surface area contributed by atoms with Crippen LogP contribution in [0, 0.1) is 0 Å². The number of ether oxygens (including phenoxy) is 1. The highest BCUT2D eigenvalue weighted by Crippen LogP contribution is 2.34. The van der Waals surface area contributed by atoms with Crippen molar-refractivity contribution in [2.24, 2.45) is 0 Å². The van der Waals surface area contributed by atoms with Gasteiger partial charge in [0.1, 0.15) is 5.75 Å². The lowest BCUT2D eigenvalue weighted by Gasteiger charge is -2.25. The highest BCUT2D eigenvalue weighted by atomic mass is 16.5. The summed E-state index contributed by atoms with van der Waals surface area (Å²) in [7, 11) is 0. The van der Waals surface area contributed by atoms with Gasteiger partial charge in [0.2, 0.25) is 0 Å². The van der Waals surface area contributed by atoms with Crippen molar-refractivity contribution in [3.05, 3.63) is 29.3 Å². The van der Waals surface area contributed by atoms with Crippen LogP contribution in [0.2, 0.25) is 0 Å². The predicted molar refractivity (Wildman–Crippen MR) is 91.6 cm³/mol. The molecule has 0 fully saturated rings. The summed E-state index contributed by atoms with van der Waals surface area (Å²) in [4.78, 5) is 0. The van der Waals surface area contributed by atoms with E-state index < -0.39 is 12.2 Å². The van der Waals surface area contributed by atoms with Gasteiger partial charge in [0.25, 0.3) is 0 Å². The summed E-state index contributed by atoms with van der Waals surface area (Å²) >= 11 is 0. The van der Waals surface area contributed by atoms with E-state index >= 15 is 0 Å². The molecule has 3 atom stereocenters. The molecule has 0 bridgehead atoms. The Bertz CT molecular complexity index is 460. The third-order valence-corrected chi connectivity index (χ3v) is 4.02. The van der Waals surface area contributed by atoms with E-state index in [0.29, 0.717) is 13.0 Å². The molecular formula is C19H32O3. The minimum atomic E-state index is -0.715. The molecule has 3 heteroatoms. The Balaban J connectivity index is 3.09. The number of rotatable bonds is 7. The zero-order valence-corrected chi connectivity index (χ0v) is 14.9. The lowest BCUT2D eigenvalue weighted by Crippen LogP contribution is -2.24. The molecule has 0 saturated heterocycles. The fourth-order valence-electron chi connectivity index (χ4n) is 2.43. The van der Waals surface area contributed by atoms with Crippen molar-refractivity contribution in [3.63, 3.8) is 0 Å². The third-order valence-electron chi connectivity index (χ3n) is 4.02. The average molecular weight is 308 g/mol. The number of aliphatic hydroxyl groups is 2. The first-order valence-electron chi connectivity index (χ1n) is 8.30. The maximum Gasteiger partial charge on any atom is 0.122 e. The Morgan fingerprint density at radius 2 is 1.77 bits per heavy atom. The van der Waals surface area contributed by atoms with Gasteiger partial charge in [-0.2, -0.15) is 0 Å². The molecule has 1 aromatic carbocycles. The van der Waals surface area contributed by atoms with Crippen molar-refractivity contribution >= 4 is 0 Å². The zero-order valence-electron chi connectivity index (χ0n) is 14.9. The zero-order chi connectivity index (χ0) is 16.9. The van der Waals surface area contributed by atoms with Crippen LogP contribution in [0.25, 0.3) is 0 Å². The summed E-state index contributed by atoms with van der Waals surface area (Å²) in [5.74, 6) is 1.01. The molecule has 1 aromatic rings. The van der Waals surface area contributed by atoms with E-state index in [4.69, 9.17) is 4.74 Å². The van der Waals surface area contributed by atoms with E-state index in [0.717, 1.165) is 17.7 Å². The largest absolute Gasteiger partial charge is 0.493 e. The van der Waals surface area contributed by atoms with Gasteiger partial charge in [-0.1, -0.05) is 46.8 Å². The third kappa shape index (κ3) is 5.29. The van der Waals surface area contributed by atoms with Crippen molar-refractivity contribution in [1.29, 1.82) is 0 Å². The smallest absolute Gasteiger partial charge is 0.122 e. The second-order valence-corrected chi connectivity index (χ2v) is 7.30. The van der Waals surface area contributed by atoms with Crippen molar-refractivity contribution in [3.8, 4) is 5.75 Å². The second kappa shape index (κ2) is 7.98. The van der Waals surface area contributed by atoms with Crippen molar-refractivity contribution in [2.75, 3.05) is 6.61 Å². The minimum absolute atomic E-state index is 0.0701. The maximum absolute atomic E-state index is 9.96. The van der Waals surface area contributed by atoms with Gasteiger partial charge < -0.3 is 14.9 Å². The van der Waals surface area contributed by atoms with Gasteiger partial charge in [-0.3, -0.25) is 0 Å². The van der Waals surface area contributed by atoms with Crippen LogP contribution in [-0.4, -0.2) is 29.0 Å². The minimum Gasteiger partial charge on any atom is -0.493 e. The van der Waals surface area contributed by atoms with Crippen LogP contribution in [0.4, 0.5) is 0 Å². The molecule has 0 aliphatic carbocycles. The molecule has 0 aliphatic rings. The van der Waals surface area contributed by atoms with Crippen LogP contribution in [-0.2, 0) is 5.41 Å². The SMILES string of the molecule is CCCOc1ccc(C(C)(C)C)cc1C(C)CC(O)C(C)O. The molecule has 0 aliphatic heterocycles. The van der Waals surface area contributed by atoms with Crippen LogP contribution in [0.1, 0.15) is 71.4 Å². The Morgan fingerprint density at radius 1 is 1.14 bits per heavy atom. The summed E-state index contributed by atoms with van der Waals surface area (Å²) < 4.78 is 5.87. The quantitative estimate of drug-likeness (QED) is 0.800. The number of hydrogen-bond acceptors (Lipinski definition) is 3. The van der Waals surface area contributed by atoms with E-state index in [1.807, 2.05) is 6.07 Å². The van der Waals surface area contributed by atoms with Gasteiger partial charge in [0.15, 0.2) is 0 Å². The first-order chi connectivity index (χ1) is 10.2. The van der Waals surface area contributed by atoms with Crippen LogP contribution < -0.4 is 4.74 Å². The molecule has 2 N–H and O–H groups in total. The van der Waals surface area contributed by atoms with E-state index in [9.17, 15) is 10.2 Å². The summed E-state index contributed by atoms with van der Waals surface area (Å²) in [6.07, 6.45) is 0.0550. The summed E-state index contributed by atoms with van der Waals surface area (Å²) in [5, 5.41) is 19.5. The van der Waals surface area contributed by atoms with E-state index in [2.05, 4.69) is 46.8 Å². The number of hydrogen-bond donors (Lipinski definition) is 2. The molecule has 0 spiro atoms. The normalized spacial score (nSPS) is 16.2. The van der Waals surface area contributed by atoms with Gasteiger partial charge in [0, 0.05) is 0 Å². The molecule has 22 heavy (non-hydrogen) atoms. The Morgan fingerprint density at radius 3 is 2.27 bits per heavy atom. The molecule has 3 unspecified atom stereocenters. The Hall–Kier alpha value is -1.06. The maximum atomic E-state index is 9.96. The van der Waals surface area contributed by atoms with Crippen LogP contribution in [0.5, 0.6) is 5.75 Å². The molecule has 0 radical (unpaired) electrons.